The lowest BCUT2D eigenvalue weighted by Crippen LogP contribution is -2.26. The normalized spacial score (nSPS) is 16.3. The molecular formula is C14H7N3O. The fourth-order valence-electron chi connectivity index (χ4n) is 2.48. The Hall–Kier alpha value is -2.62. The molecular weight excluding hydrogens is 226 g/mol. The van der Waals surface area contributed by atoms with E-state index in [2.05, 4.69) is 15.4 Å². The van der Waals surface area contributed by atoms with Gasteiger partial charge in [0.05, 0.1) is 6.20 Å². The van der Waals surface area contributed by atoms with Crippen LogP contribution in [0, 0.1) is 0 Å². The Kier molecular flexibility index (Phi) is 1.67. The van der Waals surface area contributed by atoms with E-state index in [0.29, 0.717) is 0 Å². The molecule has 0 radical (unpaired) electrons. The topological polar surface area (TPSA) is 55.7 Å². The van der Waals surface area contributed by atoms with E-state index in [0.717, 1.165) is 32.5 Å². The Morgan fingerprint density at radius 1 is 1.17 bits per heavy atom. The van der Waals surface area contributed by atoms with E-state index in [9.17, 15) is 4.79 Å². The third kappa shape index (κ3) is 1.09. The maximum absolute atomic E-state index is 11.9. The number of nitrogens with zero attached hydrogens (tertiary/aromatic N) is 3. The maximum Gasteiger partial charge on any atom is 0.187 e. The van der Waals surface area contributed by atoms with Gasteiger partial charge in [0.25, 0.3) is 0 Å². The van der Waals surface area contributed by atoms with E-state index in [1.807, 2.05) is 24.3 Å². The number of fused-ring (bicyclic) bond motifs is 4. The Labute approximate surface area is 102 Å². The molecule has 0 saturated heterocycles. The molecule has 1 aromatic heterocycles. The van der Waals surface area contributed by atoms with Crippen molar-refractivity contribution < 1.29 is 4.79 Å². The molecule has 0 atom stereocenters. The van der Waals surface area contributed by atoms with Gasteiger partial charge in [-0.25, -0.2) is 0 Å². The molecule has 1 aromatic carbocycles. The molecule has 0 saturated carbocycles. The number of benzene rings is 1. The lowest BCUT2D eigenvalue weighted by molar-refractivity contribution is -0.109. The number of aromatic nitrogens is 3. The number of carbonyl (C=O) groups excluding carboxylic acids is 1. The first kappa shape index (κ1) is 9.41. The number of rotatable bonds is 0. The second-order valence-corrected chi connectivity index (χ2v) is 4.26. The zero-order chi connectivity index (χ0) is 12.1. The average molecular weight is 233 g/mol. The van der Waals surface area contributed by atoms with Crippen LogP contribution in [-0.4, -0.2) is 21.2 Å². The molecule has 84 valence electrons. The predicted molar refractivity (Wildman–Crippen MR) is 66.7 cm³/mol. The van der Waals surface area contributed by atoms with Crippen molar-refractivity contribution in [3.63, 3.8) is 0 Å². The lowest BCUT2D eigenvalue weighted by Gasteiger charge is -2.03. The number of allylic oxidation sites excluding steroid dienone is 4. The minimum Gasteiger partial charge on any atom is -0.289 e. The zero-order valence-electron chi connectivity index (χ0n) is 9.29. The molecule has 2 aliphatic carbocycles. The van der Waals surface area contributed by atoms with Crippen molar-refractivity contribution in [1.82, 2.24) is 15.4 Å². The fraction of sp³-hybridized carbons (Fsp3) is 0. The van der Waals surface area contributed by atoms with Crippen molar-refractivity contribution in [2.75, 3.05) is 0 Å². The van der Waals surface area contributed by atoms with Gasteiger partial charge >= 0.3 is 0 Å². The average Bonchev–Trinajstić information content (AvgIpc) is 2.79. The third-order valence-electron chi connectivity index (χ3n) is 3.27. The summed E-state index contributed by atoms with van der Waals surface area (Å²) in [4.78, 5) is 11.9. The van der Waals surface area contributed by atoms with Crippen LogP contribution in [0.25, 0.3) is 22.6 Å². The minimum absolute atomic E-state index is 0.0452. The van der Waals surface area contributed by atoms with Gasteiger partial charge in [0.15, 0.2) is 5.78 Å². The molecule has 0 fully saturated rings. The first-order valence-electron chi connectivity index (χ1n) is 5.61. The standard InChI is InChI=1S/C14H7N3O/c18-12-3-1-2-8-6-11-10(13(8)12)5-4-9-7-15-17-16-14(9)11/h1-7H. The van der Waals surface area contributed by atoms with Gasteiger partial charge in [0, 0.05) is 16.2 Å². The summed E-state index contributed by atoms with van der Waals surface area (Å²) in [5, 5.41) is 14.3. The van der Waals surface area contributed by atoms with E-state index in [-0.39, 0.29) is 5.78 Å². The van der Waals surface area contributed by atoms with Crippen LogP contribution >= 0.6 is 0 Å². The molecule has 0 bridgehead atoms. The summed E-state index contributed by atoms with van der Waals surface area (Å²) in [5.74, 6) is 0.0452. The van der Waals surface area contributed by atoms with Crippen molar-refractivity contribution >= 4 is 28.3 Å². The highest BCUT2D eigenvalue weighted by Gasteiger charge is 2.20. The molecule has 4 rings (SSSR count). The summed E-state index contributed by atoms with van der Waals surface area (Å²) in [6.07, 6.45) is 8.97. The van der Waals surface area contributed by atoms with Gasteiger partial charge in [-0.2, -0.15) is 0 Å². The van der Waals surface area contributed by atoms with Gasteiger partial charge in [0.1, 0.15) is 5.52 Å². The summed E-state index contributed by atoms with van der Waals surface area (Å²) in [6.45, 7) is 0. The Balaban J connectivity index is 2.27. The van der Waals surface area contributed by atoms with Gasteiger partial charge < -0.3 is 0 Å². The van der Waals surface area contributed by atoms with E-state index >= 15 is 0 Å². The molecule has 0 unspecified atom stereocenters. The highest BCUT2D eigenvalue weighted by atomic mass is 16.1. The summed E-state index contributed by atoms with van der Waals surface area (Å²) in [7, 11) is 0. The fourth-order valence-corrected chi connectivity index (χ4v) is 2.48. The number of ketones is 1. The van der Waals surface area contributed by atoms with Crippen molar-refractivity contribution in [2.45, 2.75) is 0 Å². The van der Waals surface area contributed by atoms with Gasteiger partial charge in [-0.15, -0.1) is 10.2 Å². The van der Waals surface area contributed by atoms with Crippen LogP contribution < -0.4 is 10.4 Å². The van der Waals surface area contributed by atoms with E-state index in [1.54, 1.807) is 18.3 Å². The molecule has 2 aromatic rings. The van der Waals surface area contributed by atoms with Crippen LogP contribution in [0.15, 0.2) is 42.1 Å². The summed E-state index contributed by atoms with van der Waals surface area (Å²) >= 11 is 0. The summed E-state index contributed by atoms with van der Waals surface area (Å²) in [6, 6.07) is 3.87. The van der Waals surface area contributed by atoms with Gasteiger partial charge in [-0.05, 0) is 28.2 Å². The number of carbonyl (C=O) groups is 1. The minimum atomic E-state index is 0.0452. The molecule has 1 heterocycles. The van der Waals surface area contributed by atoms with Crippen molar-refractivity contribution in [3.05, 3.63) is 52.6 Å². The van der Waals surface area contributed by atoms with Gasteiger partial charge in [0.2, 0.25) is 0 Å². The maximum atomic E-state index is 11.9. The monoisotopic (exact) mass is 233 g/mol. The highest BCUT2D eigenvalue weighted by Crippen LogP contribution is 2.21. The van der Waals surface area contributed by atoms with Crippen LogP contribution in [-0.2, 0) is 4.79 Å². The van der Waals surface area contributed by atoms with Crippen molar-refractivity contribution in [3.8, 4) is 0 Å². The molecule has 0 aliphatic heterocycles. The Morgan fingerprint density at radius 3 is 3.06 bits per heavy atom. The Morgan fingerprint density at radius 2 is 2.11 bits per heavy atom. The Bertz CT molecular complexity index is 891. The smallest absolute Gasteiger partial charge is 0.187 e. The van der Waals surface area contributed by atoms with Crippen molar-refractivity contribution in [2.24, 2.45) is 0 Å². The quantitative estimate of drug-likeness (QED) is 0.644. The lowest BCUT2D eigenvalue weighted by atomic mass is 9.99. The van der Waals surface area contributed by atoms with Crippen LogP contribution in [0.2, 0.25) is 0 Å². The molecule has 4 heteroatoms. The van der Waals surface area contributed by atoms with Gasteiger partial charge in [-0.3, -0.25) is 4.79 Å². The SMILES string of the molecule is O=C1C=CC=C2C=c3c(ccc4cnnnc34)=C12. The summed E-state index contributed by atoms with van der Waals surface area (Å²) in [5.41, 5.74) is 2.50. The van der Waals surface area contributed by atoms with Crippen LogP contribution in [0.4, 0.5) is 0 Å². The second-order valence-electron chi connectivity index (χ2n) is 4.26. The van der Waals surface area contributed by atoms with Crippen LogP contribution in [0.5, 0.6) is 0 Å². The van der Waals surface area contributed by atoms with Crippen LogP contribution in [0.3, 0.4) is 0 Å². The first-order valence-corrected chi connectivity index (χ1v) is 5.61. The molecule has 0 amide bonds. The zero-order valence-corrected chi connectivity index (χ0v) is 9.29. The molecule has 0 N–H and O–H groups in total. The second kappa shape index (κ2) is 3.20. The van der Waals surface area contributed by atoms with E-state index in [4.69, 9.17) is 0 Å². The highest BCUT2D eigenvalue weighted by molar-refractivity contribution is 6.30. The van der Waals surface area contributed by atoms with E-state index < -0.39 is 0 Å². The molecule has 2 aliphatic rings. The predicted octanol–water partition coefficient (Wildman–Crippen LogP) is 0.0349. The van der Waals surface area contributed by atoms with Crippen molar-refractivity contribution in [1.29, 1.82) is 0 Å². The largest absolute Gasteiger partial charge is 0.289 e. The molecule has 0 spiro atoms. The first-order chi connectivity index (χ1) is 8.84. The molecule has 4 nitrogen and oxygen atoms in total. The number of hydrogen-bond acceptors (Lipinski definition) is 4. The number of hydrogen-bond donors (Lipinski definition) is 0. The van der Waals surface area contributed by atoms with E-state index in [1.165, 1.54) is 0 Å². The molecule has 18 heavy (non-hydrogen) atoms. The third-order valence-corrected chi connectivity index (χ3v) is 3.27. The summed E-state index contributed by atoms with van der Waals surface area (Å²) < 4.78 is 0. The van der Waals surface area contributed by atoms with Crippen LogP contribution in [0.1, 0.15) is 0 Å². The van der Waals surface area contributed by atoms with Gasteiger partial charge in [-0.1, -0.05) is 24.3 Å².